The molecule has 1 aromatic carbocycles. The third kappa shape index (κ3) is 3.19. The Morgan fingerprint density at radius 2 is 2.15 bits per heavy atom. The van der Waals surface area contributed by atoms with Crippen LogP contribution >= 0.6 is 0 Å². The second kappa shape index (κ2) is 6.65. The molecule has 2 aromatic rings. The summed E-state index contributed by atoms with van der Waals surface area (Å²) in [6.07, 6.45) is 2.01. The lowest BCUT2D eigenvalue weighted by Crippen LogP contribution is -2.37. The zero-order chi connectivity index (χ0) is 18.9. The van der Waals surface area contributed by atoms with Crippen molar-refractivity contribution in [1.82, 2.24) is 14.5 Å². The molecule has 0 saturated carbocycles. The maximum atomic E-state index is 12.0. The number of amides is 1. The summed E-state index contributed by atoms with van der Waals surface area (Å²) in [6.45, 7) is 0.480. The van der Waals surface area contributed by atoms with Gasteiger partial charge in [-0.1, -0.05) is 24.0 Å². The highest BCUT2D eigenvalue weighted by Crippen LogP contribution is 2.22. The second-order valence-electron chi connectivity index (χ2n) is 6.22. The Labute approximate surface area is 151 Å². The highest BCUT2D eigenvalue weighted by molar-refractivity contribution is 5.90. The van der Waals surface area contributed by atoms with Crippen LogP contribution in [0, 0.1) is 11.8 Å². The van der Waals surface area contributed by atoms with E-state index in [-0.39, 0.29) is 18.2 Å². The lowest BCUT2D eigenvalue weighted by atomic mass is 10.0. The van der Waals surface area contributed by atoms with E-state index in [9.17, 15) is 14.7 Å². The highest BCUT2D eigenvalue weighted by Gasteiger charge is 2.42. The molecule has 1 unspecified atom stereocenters. The van der Waals surface area contributed by atoms with Gasteiger partial charge < -0.3 is 19.3 Å². The minimum Gasteiger partial charge on any atom is -0.463 e. The van der Waals surface area contributed by atoms with E-state index in [1.165, 1.54) is 12.0 Å². The highest BCUT2D eigenvalue weighted by atomic mass is 16.5. The van der Waals surface area contributed by atoms with E-state index < -0.39 is 11.6 Å². The third-order valence-corrected chi connectivity index (χ3v) is 4.33. The topological polar surface area (TPSA) is 84.7 Å². The second-order valence-corrected chi connectivity index (χ2v) is 6.22. The van der Waals surface area contributed by atoms with Crippen LogP contribution in [0.4, 0.5) is 0 Å². The summed E-state index contributed by atoms with van der Waals surface area (Å²) < 4.78 is 6.30. The number of ether oxygens (including phenoxy) is 1. The number of hydrogen-bond donors (Lipinski definition) is 1. The average Bonchev–Trinajstić information content (AvgIpc) is 3.16. The van der Waals surface area contributed by atoms with E-state index in [4.69, 9.17) is 4.74 Å². The predicted octanol–water partition coefficient (Wildman–Crippen LogP) is 0.818. The average molecular weight is 353 g/mol. The molecule has 0 bridgehead atoms. The SMILES string of the molecule is COC(=O)c1nc(-c2cccc(C#CC3(O)CCN(C)C3=O)c2)cn1C. The van der Waals surface area contributed by atoms with Gasteiger partial charge >= 0.3 is 5.97 Å². The van der Waals surface area contributed by atoms with Gasteiger partial charge in [-0.2, -0.15) is 0 Å². The standard InChI is InChI=1S/C19H19N3O4/c1-21-10-9-19(25,18(21)24)8-7-13-5-4-6-14(11-13)15-12-22(2)16(20-15)17(23)26-3/h4-6,11-12,25H,9-10H2,1-3H3. The van der Waals surface area contributed by atoms with Crippen LogP contribution in [0.25, 0.3) is 11.3 Å². The van der Waals surface area contributed by atoms with Crippen molar-refractivity contribution < 1.29 is 19.4 Å². The minimum atomic E-state index is -1.63. The molecule has 7 heteroatoms. The number of benzene rings is 1. The van der Waals surface area contributed by atoms with Crippen molar-refractivity contribution in [3.8, 4) is 23.1 Å². The van der Waals surface area contributed by atoms with E-state index in [0.717, 1.165) is 5.56 Å². The quantitative estimate of drug-likeness (QED) is 0.638. The smallest absolute Gasteiger partial charge is 0.374 e. The number of aromatic nitrogens is 2. The van der Waals surface area contributed by atoms with Crippen LogP contribution in [-0.2, 0) is 16.6 Å². The van der Waals surface area contributed by atoms with E-state index in [1.807, 2.05) is 6.07 Å². The van der Waals surface area contributed by atoms with Crippen molar-refractivity contribution in [2.45, 2.75) is 12.0 Å². The number of aryl methyl sites for hydroxylation is 1. The van der Waals surface area contributed by atoms with Gasteiger partial charge in [-0.05, 0) is 12.1 Å². The van der Waals surface area contributed by atoms with Gasteiger partial charge in [0, 0.05) is 44.4 Å². The number of esters is 1. The summed E-state index contributed by atoms with van der Waals surface area (Å²) in [5, 5.41) is 10.4. The summed E-state index contributed by atoms with van der Waals surface area (Å²) in [5.74, 6) is 4.87. The van der Waals surface area contributed by atoms with Crippen molar-refractivity contribution in [2.24, 2.45) is 7.05 Å². The summed E-state index contributed by atoms with van der Waals surface area (Å²) in [7, 11) is 4.66. The van der Waals surface area contributed by atoms with Crippen LogP contribution in [0.1, 0.15) is 22.6 Å². The summed E-state index contributed by atoms with van der Waals surface area (Å²) in [5.41, 5.74) is 0.383. The molecule has 2 heterocycles. The number of likely N-dealkylation sites (N-methyl/N-ethyl adjacent to an activating group) is 1. The molecule has 134 valence electrons. The van der Waals surface area contributed by atoms with Crippen LogP contribution in [0.2, 0.25) is 0 Å². The fraction of sp³-hybridized carbons (Fsp3) is 0.316. The first-order valence-electron chi connectivity index (χ1n) is 8.07. The van der Waals surface area contributed by atoms with Gasteiger partial charge in [0.25, 0.3) is 5.91 Å². The zero-order valence-corrected chi connectivity index (χ0v) is 14.8. The zero-order valence-electron chi connectivity index (χ0n) is 14.8. The molecular weight excluding hydrogens is 334 g/mol. The molecule has 1 atom stereocenters. The van der Waals surface area contributed by atoms with E-state index in [0.29, 0.717) is 17.8 Å². The van der Waals surface area contributed by atoms with Crippen molar-refractivity contribution in [2.75, 3.05) is 20.7 Å². The maximum absolute atomic E-state index is 12.0. The molecule has 1 N–H and O–H groups in total. The molecular formula is C19H19N3O4. The first-order chi connectivity index (χ1) is 12.3. The summed E-state index contributed by atoms with van der Waals surface area (Å²) in [4.78, 5) is 29.4. The number of likely N-dealkylation sites (tertiary alicyclic amines) is 1. The fourth-order valence-electron chi connectivity index (χ4n) is 2.79. The lowest BCUT2D eigenvalue weighted by Gasteiger charge is -2.13. The molecule has 0 radical (unpaired) electrons. The lowest BCUT2D eigenvalue weighted by molar-refractivity contribution is -0.137. The molecule has 1 amide bonds. The number of nitrogens with zero attached hydrogens (tertiary/aromatic N) is 3. The van der Waals surface area contributed by atoms with Crippen LogP contribution in [-0.4, -0.2) is 57.7 Å². The van der Waals surface area contributed by atoms with Crippen molar-refractivity contribution in [3.05, 3.63) is 41.9 Å². The Bertz CT molecular complexity index is 938. The van der Waals surface area contributed by atoms with Crippen molar-refractivity contribution >= 4 is 11.9 Å². The van der Waals surface area contributed by atoms with Gasteiger partial charge in [0.05, 0.1) is 12.8 Å². The Morgan fingerprint density at radius 3 is 2.81 bits per heavy atom. The van der Waals surface area contributed by atoms with Gasteiger partial charge in [0.1, 0.15) is 0 Å². The van der Waals surface area contributed by atoms with E-state index in [2.05, 4.69) is 16.8 Å². The van der Waals surface area contributed by atoms with Gasteiger partial charge in [0.15, 0.2) is 0 Å². The van der Waals surface area contributed by atoms with Crippen LogP contribution in [0.15, 0.2) is 30.5 Å². The third-order valence-electron chi connectivity index (χ3n) is 4.33. The molecule has 7 nitrogen and oxygen atoms in total. The Kier molecular flexibility index (Phi) is 4.53. The molecule has 0 spiro atoms. The molecule has 1 saturated heterocycles. The molecule has 26 heavy (non-hydrogen) atoms. The predicted molar refractivity (Wildman–Crippen MR) is 94.1 cm³/mol. The number of aliphatic hydroxyl groups is 1. The maximum Gasteiger partial charge on any atom is 0.374 e. The Balaban J connectivity index is 1.90. The molecule has 3 rings (SSSR count). The Morgan fingerprint density at radius 1 is 1.38 bits per heavy atom. The molecule has 1 aromatic heterocycles. The number of hydrogen-bond acceptors (Lipinski definition) is 5. The molecule has 1 fully saturated rings. The first-order valence-corrected chi connectivity index (χ1v) is 8.07. The van der Waals surface area contributed by atoms with Gasteiger partial charge in [-0.25, -0.2) is 9.78 Å². The van der Waals surface area contributed by atoms with Crippen LogP contribution in [0.3, 0.4) is 0 Å². The number of imidazole rings is 1. The fourth-order valence-corrected chi connectivity index (χ4v) is 2.79. The van der Waals surface area contributed by atoms with Crippen molar-refractivity contribution in [3.63, 3.8) is 0 Å². The minimum absolute atomic E-state index is 0.202. The van der Waals surface area contributed by atoms with Gasteiger partial charge in [-0.15, -0.1) is 0 Å². The number of rotatable bonds is 2. The normalized spacial score (nSPS) is 19.2. The summed E-state index contributed by atoms with van der Waals surface area (Å²) >= 11 is 0. The largest absolute Gasteiger partial charge is 0.463 e. The number of carbonyl (C=O) groups is 2. The van der Waals surface area contributed by atoms with Gasteiger partial charge in [0.2, 0.25) is 11.4 Å². The summed E-state index contributed by atoms with van der Waals surface area (Å²) in [6, 6.07) is 7.23. The van der Waals surface area contributed by atoms with Crippen LogP contribution in [0.5, 0.6) is 0 Å². The molecule has 1 aliphatic rings. The van der Waals surface area contributed by atoms with Gasteiger partial charge in [-0.3, -0.25) is 4.79 Å². The van der Waals surface area contributed by atoms with Crippen LogP contribution < -0.4 is 0 Å². The first kappa shape index (κ1) is 17.7. The molecule has 1 aliphatic heterocycles. The van der Waals surface area contributed by atoms with Crippen molar-refractivity contribution in [1.29, 1.82) is 0 Å². The van der Waals surface area contributed by atoms with E-state index >= 15 is 0 Å². The Hall–Kier alpha value is -3.11. The number of carbonyl (C=O) groups excluding carboxylic acids is 2. The van der Waals surface area contributed by atoms with E-state index in [1.54, 1.807) is 43.1 Å². The molecule has 0 aliphatic carbocycles. The number of methoxy groups -OCH3 is 1. The monoisotopic (exact) mass is 353 g/mol.